The number of rotatable bonds is 4. The van der Waals surface area contributed by atoms with Gasteiger partial charge in [-0.15, -0.1) is 0 Å². The van der Waals surface area contributed by atoms with Gasteiger partial charge in [-0.3, -0.25) is 4.79 Å². The summed E-state index contributed by atoms with van der Waals surface area (Å²) in [6, 6.07) is 1.84. The van der Waals surface area contributed by atoms with Gasteiger partial charge in [0.25, 0.3) is 5.91 Å². The molecule has 1 saturated carbocycles. The van der Waals surface area contributed by atoms with Crippen molar-refractivity contribution in [3.05, 3.63) is 35.1 Å². The van der Waals surface area contributed by atoms with E-state index < -0.39 is 28.9 Å². The third-order valence-electron chi connectivity index (χ3n) is 3.62. The number of carbonyl (C=O) groups excluding carboxylic acids is 1. The normalized spacial score (nSPS) is 15.6. The lowest BCUT2D eigenvalue weighted by Crippen LogP contribution is -2.40. The van der Waals surface area contributed by atoms with Crippen LogP contribution in [0.2, 0.25) is 0 Å². The highest BCUT2D eigenvalue weighted by Gasteiger charge is 2.29. The van der Waals surface area contributed by atoms with Gasteiger partial charge in [-0.1, -0.05) is 28.8 Å². The minimum atomic E-state index is -1.60. The Labute approximate surface area is 124 Å². The first kappa shape index (κ1) is 15.4. The number of alkyl halides is 1. The van der Waals surface area contributed by atoms with Crippen molar-refractivity contribution >= 4 is 21.8 Å². The molecule has 1 aliphatic rings. The molecule has 2 rings (SSSR count). The van der Waals surface area contributed by atoms with E-state index >= 15 is 0 Å². The van der Waals surface area contributed by atoms with Crippen LogP contribution in [0.5, 0.6) is 0 Å². The third-order valence-corrected chi connectivity index (χ3v) is 3.97. The molecule has 0 heterocycles. The summed E-state index contributed by atoms with van der Waals surface area (Å²) in [4.78, 5) is 13.9. The van der Waals surface area contributed by atoms with E-state index in [4.69, 9.17) is 0 Å². The van der Waals surface area contributed by atoms with Gasteiger partial charge in [0.2, 0.25) is 0 Å². The van der Waals surface area contributed by atoms with E-state index in [1.165, 1.54) is 0 Å². The summed E-state index contributed by atoms with van der Waals surface area (Å²) >= 11 is 3.26. The van der Waals surface area contributed by atoms with Gasteiger partial charge in [-0.2, -0.15) is 0 Å². The fourth-order valence-electron chi connectivity index (χ4n) is 2.60. The molecule has 0 atom stereocenters. The SMILES string of the molecule is O=C(c1ccc(F)c(F)c1F)N(CCBr)C1CCCC1. The van der Waals surface area contributed by atoms with E-state index in [1.807, 2.05) is 0 Å². The molecule has 0 unspecified atom stereocenters. The highest BCUT2D eigenvalue weighted by Crippen LogP contribution is 2.26. The molecular formula is C14H15BrF3NO. The van der Waals surface area contributed by atoms with Gasteiger partial charge in [-0.25, -0.2) is 13.2 Å². The van der Waals surface area contributed by atoms with Crippen LogP contribution in [0.15, 0.2) is 12.1 Å². The Hall–Kier alpha value is -1.04. The molecule has 110 valence electrons. The molecule has 1 amide bonds. The summed E-state index contributed by atoms with van der Waals surface area (Å²) < 4.78 is 39.9. The zero-order chi connectivity index (χ0) is 14.7. The van der Waals surface area contributed by atoms with Crippen LogP contribution in [0.4, 0.5) is 13.2 Å². The summed E-state index contributed by atoms with van der Waals surface area (Å²) in [5, 5.41) is 0.556. The quantitative estimate of drug-likeness (QED) is 0.596. The smallest absolute Gasteiger partial charge is 0.257 e. The highest BCUT2D eigenvalue weighted by molar-refractivity contribution is 9.09. The van der Waals surface area contributed by atoms with Crippen molar-refractivity contribution in [3.8, 4) is 0 Å². The van der Waals surface area contributed by atoms with Crippen LogP contribution in [0.3, 0.4) is 0 Å². The van der Waals surface area contributed by atoms with Gasteiger partial charge in [0.15, 0.2) is 17.5 Å². The second-order valence-electron chi connectivity index (χ2n) is 4.85. The second-order valence-corrected chi connectivity index (χ2v) is 5.64. The molecule has 0 aliphatic heterocycles. The second kappa shape index (κ2) is 6.61. The van der Waals surface area contributed by atoms with Gasteiger partial charge in [0.05, 0.1) is 5.56 Å². The maximum atomic E-state index is 13.7. The van der Waals surface area contributed by atoms with Gasteiger partial charge < -0.3 is 4.90 Å². The lowest BCUT2D eigenvalue weighted by molar-refractivity contribution is 0.0690. The van der Waals surface area contributed by atoms with Gasteiger partial charge in [0.1, 0.15) is 0 Å². The molecule has 2 nitrogen and oxygen atoms in total. The lowest BCUT2D eigenvalue weighted by atomic mass is 10.1. The Morgan fingerprint density at radius 1 is 1.20 bits per heavy atom. The zero-order valence-corrected chi connectivity index (χ0v) is 12.4. The predicted molar refractivity (Wildman–Crippen MR) is 73.4 cm³/mol. The molecule has 0 spiro atoms. The monoisotopic (exact) mass is 349 g/mol. The first-order chi connectivity index (χ1) is 9.56. The molecule has 1 aromatic carbocycles. The summed E-state index contributed by atoms with van der Waals surface area (Å²) in [5.74, 6) is -4.87. The number of amides is 1. The maximum Gasteiger partial charge on any atom is 0.257 e. The first-order valence-electron chi connectivity index (χ1n) is 6.56. The number of halogens is 4. The molecule has 1 fully saturated rings. The fourth-order valence-corrected chi connectivity index (χ4v) is 2.98. The molecule has 1 aromatic rings. The van der Waals surface area contributed by atoms with Gasteiger partial charge in [-0.05, 0) is 25.0 Å². The van der Waals surface area contributed by atoms with Crippen LogP contribution in [0.1, 0.15) is 36.0 Å². The van der Waals surface area contributed by atoms with E-state index in [-0.39, 0.29) is 6.04 Å². The Balaban J connectivity index is 2.29. The molecule has 1 aliphatic carbocycles. The molecule has 20 heavy (non-hydrogen) atoms. The van der Waals surface area contributed by atoms with Crippen molar-refractivity contribution in [1.29, 1.82) is 0 Å². The molecule has 0 N–H and O–H groups in total. The van der Waals surface area contributed by atoms with Gasteiger partial charge in [0, 0.05) is 17.9 Å². The van der Waals surface area contributed by atoms with Crippen LogP contribution in [-0.2, 0) is 0 Å². The molecule has 0 radical (unpaired) electrons. The number of hydrogen-bond acceptors (Lipinski definition) is 1. The summed E-state index contributed by atoms with van der Waals surface area (Å²) in [6.45, 7) is 0.419. The summed E-state index contributed by atoms with van der Waals surface area (Å²) in [5.41, 5.74) is -0.406. The fraction of sp³-hybridized carbons (Fsp3) is 0.500. The topological polar surface area (TPSA) is 20.3 Å². The Kier molecular flexibility index (Phi) is 5.07. The number of carbonyl (C=O) groups is 1. The molecule has 6 heteroatoms. The predicted octanol–water partition coefficient (Wildman–Crippen LogP) is 3.88. The van der Waals surface area contributed by atoms with Crippen molar-refractivity contribution in [2.75, 3.05) is 11.9 Å². The third kappa shape index (κ3) is 3.00. The van der Waals surface area contributed by atoms with Gasteiger partial charge >= 0.3 is 0 Å². The van der Waals surface area contributed by atoms with Crippen LogP contribution >= 0.6 is 15.9 Å². The summed E-state index contributed by atoms with van der Waals surface area (Å²) in [6.07, 6.45) is 3.78. The standard InChI is InChI=1S/C14H15BrF3NO/c15-7-8-19(9-3-1-2-4-9)14(20)10-5-6-11(16)13(18)12(10)17/h5-6,9H,1-4,7-8H2. The first-order valence-corrected chi connectivity index (χ1v) is 7.69. The minimum Gasteiger partial charge on any atom is -0.335 e. The van der Waals surface area contributed by atoms with Crippen molar-refractivity contribution in [2.45, 2.75) is 31.7 Å². The van der Waals surface area contributed by atoms with E-state index in [0.29, 0.717) is 11.9 Å². The van der Waals surface area contributed by atoms with Crippen LogP contribution < -0.4 is 0 Å². The molecule has 0 bridgehead atoms. The molecule has 0 saturated heterocycles. The number of benzene rings is 1. The molecule has 0 aromatic heterocycles. The van der Waals surface area contributed by atoms with E-state index in [0.717, 1.165) is 37.8 Å². The Morgan fingerprint density at radius 2 is 1.85 bits per heavy atom. The number of nitrogens with zero attached hydrogens (tertiary/aromatic N) is 1. The van der Waals surface area contributed by atoms with Crippen molar-refractivity contribution in [1.82, 2.24) is 4.90 Å². The zero-order valence-electron chi connectivity index (χ0n) is 10.8. The highest BCUT2D eigenvalue weighted by atomic mass is 79.9. The maximum absolute atomic E-state index is 13.7. The summed E-state index contributed by atoms with van der Waals surface area (Å²) in [7, 11) is 0. The van der Waals surface area contributed by atoms with E-state index in [1.54, 1.807) is 4.90 Å². The number of hydrogen-bond donors (Lipinski definition) is 0. The molecular weight excluding hydrogens is 335 g/mol. The Bertz CT molecular complexity index is 503. The van der Waals surface area contributed by atoms with E-state index in [9.17, 15) is 18.0 Å². The Morgan fingerprint density at radius 3 is 2.45 bits per heavy atom. The lowest BCUT2D eigenvalue weighted by Gasteiger charge is -2.28. The largest absolute Gasteiger partial charge is 0.335 e. The van der Waals surface area contributed by atoms with Crippen LogP contribution in [0.25, 0.3) is 0 Å². The van der Waals surface area contributed by atoms with Crippen molar-refractivity contribution in [3.63, 3.8) is 0 Å². The van der Waals surface area contributed by atoms with Crippen molar-refractivity contribution < 1.29 is 18.0 Å². The van der Waals surface area contributed by atoms with Crippen LogP contribution in [-0.4, -0.2) is 28.7 Å². The average Bonchev–Trinajstić information content (AvgIpc) is 2.95. The van der Waals surface area contributed by atoms with Crippen LogP contribution in [0, 0.1) is 17.5 Å². The average molecular weight is 350 g/mol. The minimum absolute atomic E-state index is 0.0487. The van der Waals surface area contributed by atoms with E-state index in [2.05, 4.69) is 15.9 Å². The van der Waals surface area contributed by atoms with Crippen molar-refractivity contribution in [2.24, 2.45) is 0 Å².